The van der Waals surface area contributed by atoms with Gasteiger partial charge in [-0.1, -0.05) is 5.16 Å². The van der Waals surface area contributed by atoms with Gasteiger partial charge >= 0.3 is 0 Å². The fourth-order valence-corrected chi connectivity index (χ4v) is 3.27. The van der Waals surface area contributed by atoms with Crippen LogP contribution in [0.1, 0.15) is 30.7 Å². The van der Waals surface area contributed by atoms with Crippen molar-refractivity contribution in [1.29, 1.82) is 0 Å². The third kappa shape index (κ3) is 2.71. The number of benzene rings is 1. The van der Waals surface area contributed by atoms with E-state index >= 15 is 0 Å². The van der Waals surface area contributed by atoms with Crippen molar-refractivity contribution in [1.82, 2.24) is 20.1 Å². The molecule has 1 unspecified atom stereocenters. The van der Waals surface area contributed by atoms with Gasteiger partial charge in [0.2, 0.25) is 17.6 Å². The first-order valence-electron chi connectivity index (χ1n) is 7.65. The van der Waals surface area contributed by atoms with E-state index in [1.807, 2.05) is 19.1 Å². The maximum Gasteiger partial charge on any atom is 0.248 e. The standard InChI is InChI=1S/C16H16F2N4O/c1-9-4-11(6-12-14(9)20-8-19-12)15-21-13(23-22-15)5-10-2-3-16(17,18)7-10/h4,6,8,10H,2-3,5,7H2,1H3,(H,19,20). The number of H-pyrrole nitrogens is 1. The van der Waals surface area contributed by atoms with Crippen LogP contribution < -0.4 is 0 Å². The van der Waals surface area contributed by atoms with Gasteiger partial charge in [0, 0.05) is 24.8 Å². The van der Waals surface area contributed by atoms with Gasteiger partial charge in [-0.2, -0.15) is 4.98 Å². The number of fused-ring (bicyclic) bond motifs is 1. The van der Waals surface area contributed by atoms with Crippen molar-refractivity contribution in [2.45, 2.75) is 38.5 Å². The van der Waals surface area contributed by atoms with Crippen molar-refractivity contribution in [3.05, 3.63) is 29.9 Å². The molecule has 0 bridgehead atoms. The maximum absolute atomic E-state index is 13.3. The molecule has 120 valence electrons. The molecule has 2 aromatic heterocycles. The Labute approximate surface area is 131 Å². The van der Waals surface area contributed by atoms with Crippen LogP contribution in [-0.2, 0) is 6.42 Å². The third-order valence-electron chi connectivity index (χ3n) is 4.41. The lowest BCUT2D eigenvalue weighted by Crippen LogP contribution is -2.10. The normalized spacial score (nSPS) is 20.4. The molecule has 4 rings (SSSR count). The molecule has 23 heavy (non-hydrogen) atoms. The Morgan fingerprint density at radius 2 is 2.26 bits per heavy atom. The van der Waals surface area contributed by atoms with Crippen LogP contribution in [0.4, 0.5) is 8.78 Å². The average molecular weight is 318 g/mol. The minimum absolute atomic E-state index is 0.0473. The highest BCUT2D eigenvalue weighted by molar-refractivity contribution is 5.83. The Kier molecular flexibility index (Phi) is 3.18. The number of halogens is 2. The Morgan fingerprint density at radius 3 is 3.04 bits per heavy atom. The van der Waals surface area contributed by atoms with Crippen molar-refractivity contribution in [2.24, 2.45) is 5.92 Å². The Bertz CT molecular complexity index is 855. The number of hydrogen-bond acceptors (Lipinski definition) is 4. The second-order valence-corrected chi connectivity index (χ2v) is 6.27. The average Bonchev–Trinajstić information content (AvgIpc) is 3.19. The number of nitrogens with zero attached hydrogens (tertiary/aromatic N) is 3. The van der Waals surface area contributed by atoms with Crippen molar-refractivity contribution in [3.8, 4) is 11.4 Å². The van der Waals surface area contributed by atoms with Gasteiger partial charge in [-0.15, -0.1) is 0 Å². The molecular formula is C16H16F2N4O. The highest BCUT2D eigenvalue weighted by Crippen LogP contribution is 2.40. The van der Waals surface area contributed by atoms with Crippen LogP contribution in [0.2, 0.25) is 0 Å². The van der Waals surface area contributed by atoms with Gasteiger partial charge < -0.3 is 9.51 Å². The number of rotatable bonds is 3. The van der Waals surface area contributed by atoms with Gasteiger partial charge in [-0.25, -0.2) is 13.8 Å². The summed E-state index contributed by atoms with van der Waals surface area (Å²) in [6, 6.07) is 3.86. The zero-order valence-electron chi connectivity index (χ0n) is 12.6. The fraction of sp³-hybridized carbons (Fsp3) is 0.438. The lowest BCUT2D eigenvalue weighted by atomic mass is 10.0. The second-order valence-electron chi connectivity index (χ2n) is 6.27. The van der Waals surface area contributed by atoms with Gasteiger partial charge in [0.1, 0.15) is 0 Å². The van der Waals surface area contributed by atoms with Crippen LogP contribution in [0.15, 0.2) is 23.0 Å². The lowest BCUT2D eigenvalue weighted by Gasteiger charge is -2.07. The topological polar surface area (TPSA) is 67.6 Å². The molecule has 0 spiro atoms. The third-order valence-corrected chi connectivity index (χ3v) is 4.41. The molecule has 7 heteroatoms. The van der Waals surface area contributed by atoms with E-state index in [9.17, 15) is 8.78 Å². The smallest absolute Gasteiger partial charge is 0.248 e. The zero-order chi connectivity index (χ0) is 16.0. The molecule has 0 radical (unpaired) electrons. The van der Waals surface area contributed by atoms with Gasteiger partial charge in [-0.3, -0.25) is 0 Å². The van der Waals surface area contributed by atoms with E-state index in [4.69, 9.17) is 4.52 Å². The monoisotopic (exact) mass is 318 g/mol. The minimum Gasteiger partial charge on any atom is -0.345 e. The molecule has 0 amide bonds. The molecule has 1 aliphatic rings. The zero-order valence-corrected chi connectivity index (χ0v) is 12.6. The molecule has 1 saturated carbocycles. The summed E-state index contributed by atoms with van der Waals surface area (Å²) in [6.07, 6.45) is 2.42. The number of aryl methyl sites for hydroxylation is 1. The van der Waals surface area contributed by atoms with Crippen LogP contribution >= 0.6 is 0 Å². The Hall–Kier alpha value is -2.31. The van der Waals surface area contributed by atoms with Crippen molar-refractivity contribution < 1.29 is 13.3 Å². The SMILES string of the molecule is Cc1cc(-c2noc(CC3CCC(F)(F)C3)n2)cc2[nH]cnc12. The molecule has 1 N–H and O–H groups in total. The van der Waals surface area contributed by atoms with E-state index in [0.717, 1.165) is 22.2 Å². The highest BCUT2D eigenvalue weighted by Gasteiger charge is 2.39. The molecule has 1 fully saturated rings. The van der Waals surface area contributed by atoms with E-state index in [1.165, 1.54) is 0 Å². The van der Waals surface area contributed by atoms with Crippen molar-refractivity contribution in [2.75, 3.05) is 0 Å². The maximum atomic E-state index is 13.3. The van der Waals surface area contributed by atoms with Crippen LogP contribution in [-0.4, -0.2) is 26.0 Å². The number of nitrogens with one attached hydrogen (secondary N) is 1. The molecular weight excluding hydrogens is 302 g/mol. The van der Waals surface area contributed by atoms with Crippen LogP contribution in [0.25, 0.3) is 22.4 Å². The molecule has 2 heterocycles. The first-order valence-corrected chi connectivity index (χ1v) is 7.65. The van der Waals surface area contributed by atoms with Crippen LogP contribution in [0.3, 0.4) is 0 Å². The summed E-state index contributed by atoms with van der Waals surface area (Å²) in [4.78, 5) is 11.7. The molecule has 0 aliphatic heterocycles. The molecule has 0 saturated heterocycles. The molecule has 1 atom stereocenters. The van der Waals surface area contributed by atoms with Crippen LogP contribution in [0.5, 0.6) is 0 Å². The summed E-state index contributed by atoms with van der Waals surface area (Å²) in [6.45, 7) is 1.97. The summed E-state index contributed by atoms with van der Waals surface area (Å²) in [5.74, 6) is -1.74. The largest absolute Gasteiger partial charge is 0.345 e. The van der Waals surface area contributed by atoms with Crippen molar-refractivity contribution >= 4 is 11.0 Å². The number of hydrogen-bond donors (Lipinski definition) is 1. The highest BCUT2D eigenvalue weighted by atomic mass is 19.3. The van der Waals surface area contributed by atoms with E-state index in [-0.39, 0.29) is 18.8 Å². The molecule has 1 aliphatic carbocycles. The molecule has 5 nitrogen and oxygen atoms in total. The van der Waals surface area contributed by atoms with E-state index < -0.39 is 5.92 Å². The minimum atomic E-state index is -2.55. The second kappa shape index (κ2) is 5.11. The number of aromatic amines is 1. The first kappa shape index (κ1) is 14.3. The number of imidazole rings is 1. The van der Waals surface area contributed by atoms with Gasteiger partial charge in [0.05, 0.1) is 17.4 Å². The summed E-state index contributed by atoms with van der Waals surface area (Å²) >= 11 is 0. The molecule has 1 aromatic carbocycles. The van der Waals surface area contributed by atoms with Crippen molar-refractivity contribution in [3.63, 3.8) is 0 Å². The quantitative estimate of drug-likeness (QED) is 0.795. The van der Waals surface area contributed by atoms with Crippen LogP contribution in [0, 0.1) is 12.8 Å². The van der Waals surface area contributed by atoms with Gasteiger partial charge in [0.25, 0.3) is 0 Å². The van der Waals surface area contributed by atoms with Gasteiger partial charge in [0.15, 0.2) is 0 Å². The summed E-state index contributed by atoms with van der Waals surface area (Å²) in [7, 11) is 0. The van der Waals surface area contributed by atoms with E-state index in [2.05, 4.69) is 20.1 Å². The first-order chi connectivity index (χ1) is 11.0. The summed E-state index contributed by atoms with van der Waals surface area (Å²) < 4.78 is 31.8. The van der Waals surface area contributed by atoms with Gasteiger partial charge in [-0.05, 0) is 37.0 Å². The fourth-order valence-electron chi connectivity index (χ4n) is 3.27. The molecule has 3 aromatic rings. The van der Waals surface area contributed by atoms with E-state index in [0.29, 0.717) is 24.6 Å². The summed E-state index contributed by atoms with van der Waals surface area (Å²) in [5.41, 5.74) is 3.65. The predicted molar refractivity (Wildman–Crippen MR) is 80.1 cm³/mol. The lowest BCUT2D eigenvalue weighted by molar-refractivity contribution is 0.00483. The number of alkyl halides is 2. The Balaban J connectivity index is 1.57. The summed E-state index contributed by atoms with van der Waals surface area (Å²) in [5, 5.41) is 3.99. The van der Waals surface area contributed by atoms with E-state index in [1.54, 1.807) is 6.33 Å². The number of aromatic nitrogens is 4. The predicted octanol–water partition coefficient (Wildman–Crippen LogP) is 3.90. The Morgan fingerprint density at radius 1 is 1.39 bits per heavy atom.